The van der Waals surface area contributed by atoms with Crippen LogP contribution >= 0.6 is 27.5 Å². The quantitative estimate of drug-likeness (QED) is 0.719. The standard InChI is InChI=1S/C20H21BrClN3O3/c1-13(28-17-5-3-16(22)4-6-17)20(27)25-10-8-14(9-11-25)19(26)24-18-7-2-15(21)12-23-18/h2-7,12-14H,8-11H2,1H3,(H,23,24,26). The van der Waals surface area contributed by atoms with Crippen molar-refractivity contribution in [2.75, 3.05) is 18.4 Å². The molecule has 8 heteroatoms. The Hall–Kier alpha value is -2.12. The van der Waals surface area contributed by atoms with Crippen molar-refractivity contribution in [1.82, 2.24) is 9.88 Å². The highest BCUT2D eigenvalue weighted by Gasteiger charge is 2.30. The smallest absolute Gasteiger partial charge is 0.263 e. The summed E-state index contributed by atoms with van der Waals surface area (Å²) < 4.78 is 6.56. The minimum absolute atomic E-state index is 0.0626. The Labute approximate surface area is 177 Å². The van der Waals surface area contributed by atoms with Crippen molar-refractivity contribution in [3.8, 4) is 5.75 Å². The summed E-state index contributed by atoms with van der Waals surface area (Å²) in [5.74, 6) is 0.843. The molecular weight excluding hydrogens is 446 g/mol. The van der Waals surface area contributed by atoms with Gasteiger partial charge in [0.1, 0.15) is 11.6 Å². The Balaban J connectivity index is 1.48. The van der Waals surface area contributed by atoms with Gasteiger partial charge in [-0.05, 0) is 72.1 Å². The summed E-state index contributed by atoms with van der Waals surface area (Å²) in [4.78, 5) is 31.0. The first kappa shape index (κ1) is 20.6. The lowest BCUT2D eigenvalue weighted by Crippen LogP contribution is -2.46. The zero-order chi connectivity index (χ0) is 20.1. The minimum atomic E-state index is -0.599. The molecule has 1 unspecified atom stereocenters. The second-order valence-corrected chi connectivity index (χ2v) is 8.02. The molecule has 2 heterocycles. The van der Waals surface area contributed by atoms with Crippen LogP contribution in [0, 0.1) is 5.92 Å². The van der Waals surface area contributed by atoms with Gasteiger partial charge in [-0.25, -0.2) is 4.98 Å². The second kappa shape index (κ2) is 9.39. The summed E-state index contributed by atoms with van der Waals surface area (Å²) >= 11 is 9.18. The number of likely N-dealkylation sites (tertiary alicyclic amines) is 1. The molecule has 0 bridgehead atoms. The number of carbonyl (C=O) groups excluding carboxylic acids is 2. The minimum Gasteiger partial charge on any atom is -0.481 e. The molecule has 3 rings (SSSR count). The molecule has 28 heavy (non-hydrogen) atoms. The van der Waals surface area contributed by atoms with E-state index in [9.17, 15) is 9.59 Å². The fraction of sp³-hybridized carbons (Fsp3) is 0.350. The third-order valence-electron chi connectivity index (χ3n) is 4.63. The largest absolute Gasteiger partial charge is 0.481 e. The molecule has 1 fully saturated rings. The maximum Gasteiger partial charge on any atom is 0.263 e. The van der Waals surface area contributed by atoms with Gasteiger partial charge >= 0.3 is 0 Å². The Morgan fingerprint density at radius 3 is 2.50 bits per heavy atom. The highest BCUT2D eigenvalue weighted by Crippen LogP contribution is 2.22. The maximum absolute atomic E-state index is 12.6. The molecule has 0 radical (unpaired) electrons. The van der Waals surface area contributed by atoms with Gasteiger partial charge in [0.25, 0.3) is 5.91 Å². The molecule has 1 aromatic heterocycles. The van der Waals surface area contributed by atoms with Gasteiger partial charge in [0.15, 0.2) is 6.10 Å². The second-order valence-electron chi connectivity index (χ2n) is 6.66. The third-order valence-corrected chi connectivity index (χ3v) is 5.35. The first-order valence-corrected chi connectivity index (χ1v) is 10.2. The number of pyridine rings is 1. The third kappa shape index (κ3) is 5.45. The molecule has 0 spiro atoms. The van der Waals surface area contributed by atoms with Crippen molar-refractivity contribution in [2.45, 2.75) is 25.9 Å². The van der Waals surface area contributed by atoms with E-state index in [4.69, 9.17) is 16.3 Å². The molecule has 2 amide bonds. The number of benzene rings is 1. The van der Waals surface area contributed by atoms with E-state index in [1.165, 1.54) is 0 Å². The lowest BCUT2D eigenvalue weighted by Gasteiger charge is -2.32. The number of halogens is 2. The highest BCUT2D eigenvalue weighted by molar-refractivity contribution is 9.10. The van der Waals surface area contributed by atoms with Crippen LogP contribution < -0.4 is 10.1 Å². The molecule has 148 valence electrons. The molecule has 6 nitrogen and oxygen atoms in total. The first-order valence-electron chi connectivity index (χ1n) is 9.06. The zero-order valence-corrected chi connectivity index (χ0v) is 17.7. The van der Waals surface area contributed by atoms with Crippen molar-refractivity contribution >= 4 is 45.2 Å². The molecule has 0 saturated carbocycles. The van der Waals surface area contributed by atoms with E-state index in [-0.39, 0.29) is 17.7 Å². The summed E-state index contributed by atoms with van der Waals surface area (Å²) in [6.07, 6.45) is 2.26. The van der Waals surface area contributed by atoms with Crippen molar-refractivity contribution in [1.29, 1.82) is 0 Å². The molecule has 1 atom stereocenters. The van der Waals surface area contributed by atoms with E-state index in [2.05, 4.69) is 26.2 Å². The fourth-order valence-corrected chi connectivity index (χ4v) is 3.43. The van der Waals surface area contributed by atoms with Gasteiger partial charge in [-0.1, -0.05) is 11.6 Å². The number of piperidine rings is 1. The number of carbonyl (C=O) groups is 2. The van der Waals surface area contributed by atoms with Gasteiger partial charge in [0.2, 0.25) is 5.91 Å². The molecule has 1 aliphatic heterocycles. The molecule has 0 aliphatic carbocycles. The Kier molecular flexibility index (Phi) is 6.91. The highest BCUT2D eigenvalue weighted by atomic mass is 79.9. The average molecular weight is 467 g/mol. The van der Waals surface area contributed by atoms with Crippen molar-refractivity contribution < 1.29 is 14.3 Å². The monoisotopic (exact) mass is 465 g/mol. The number of rotatable bonds is 5. The van der Waals surface area contributed by atoms with Gasteiger partial charge < -0.3 is 15.0 Å². The van der Waals surface area contributed by atoms with Crippen LogP contribution in [-0.2, 0) is 9.59 Å². The number of hydrogen-bond donors (Lipinski definition) is 1. The fourth-order valence-electron chi connectivity index (χ4n) is 3.06. The predicted octanol–water partition coefficient (Wildman–Crippen LogP) is 4.14. The first-order chi connectivity index (χ1) is 13.4. The Morgan fingerprint density at radius 2 is 1.89 bits per heavy atom. The van der Waals surface area contributed by atoms with Gasteiger partial charge in [-0.3, -0.25) is 9.59 Å². The van der Waals surface area contributed by atoms with Crippen LogP contribution in [0.3, 0.4) is 0 Å². The van der Waals surface area contributed by atoms with E-state index in [0.717, 1.165) is 4.47 Å². The van der Waals surface area contributed by atoms with Crippen molar-refractivity contribution in [3.05, 3.63) is 52.1 Å². The van der Waals surface area contributed by atoms with Crippen LogP contribution in [0.15, 0.2) is 47.1 Å². The molecule has 2 aromatic rings. The van der Waals surface area contributed by atoms with Gasteiger partial charge in [0, 0.05) is 34.7 Å². The molecular formula is C20H21BrClN3O3. The van der Waals surface area contributed by atoms with Crippen LogP contribution in [0.2, 0.25) is 5.02 Å². The topological polar surface area (TPSA) is 71.5 Å². The summed E-state index contributed by atoms with van der Waals surface area (Å²) in [5, 5.41) is 3.45. The van der Waals surface area contributed by atoms with E-state index >= 15 is 0 Å². The molecule has 1 saturated heterocycles. The lowest BCUT2D eigenvalue weighted by atomic mass is 9.95. The lowest BCUT2D eigenvalue weighted by molar-refractivity contribution is -0.140. The van der Waals surface area contributed by atoms with E-state index < -0.39 is 6.10 Å². The molecule has 1 aliphatic rings. The Morgan fingerprint density at radius 1 is 1.21 bits per heavy atom. The van der Waals surface area contributed by atoms with Gasteiger partial charge in [-0.2, -0.15) is 0 Å². The Bertz CT molecular complexity index is 822. The zero-order valence-electron chi connectivity index (χ0n) is 15.4. The molecule has 1 N–H and O–H groups in total. The van der Waals surface area contributed by atoms with Crippen molar-refractivity contribution in [3.63, 3.8) is 0 Å². The van der Waals surface area contributed by atoms with Crippen LogP contribution in [0.4, 0.5) is 5.82 Å². The van der Waals surface area contributed by atoms with E-state index in [1.54, 1.807) is 48.4 Å². The van der Waals surface area contributed by atoms with Gasteiger partial charge in [-0.15, -0.1) is 0 Å². The predicted molar refractivity (Wildman–Crippen MR) is 111 cm³/mol. The van der Waals surface area contributed by atoms with Crippen LogP contribution in [0.5, 0.6) is 5.75 Å². The number of hydrogen-bond acceptors (Lipinski definition) is 4. The molecule has 1 aromatic carbocycles. The number of nitrogens with zero attached hydrogens (tertiary/aromatic N) is 2. The number of aromatic nitrogens is 1. The average Bonchev–Trinajstić information content (AvgIpc) is 2.71. The summed E-state index contributed by atoms with van der Waals surface area (Å²) in [6.45, 7) is 2.78. The number of ether oxygens (including phenoxy) is 1. The number of amides is 2. The summed E-state index contributed by atoms with van der Waals surface area (Å²) in [5.41, 5.74) is 0. The van der Waals surface area contributed by atoms with E-state index in [1.807, 2.05) is 6.07 Å². The normalized spacial score (nSPS) is 15.8. The van der Waals surface area contributed by atoms with E-state index in [0.29, 0.717) is 42.5 Å². The van der Waals surface area contributed by atoms with Crippen molar-refractivity contribution in [2.24, 2.45) is 5.92 Å². The van der Waals surface area contributed by atoms with Crippen LogP contribution in [-0.4, -0.2) is 40.9 Å². The number of anilines is 1. The SMILES string of the molecule is CC(Oc1ccc(Cl)cc1)C(=O)N1CCC(C(=O)Nc2ccc(Br)cn2)CC1. The summed E-state index contributed by atoms with van der Waals surface area (Å²) in [6, 6.07) is 10.5. The van der Waals surface area contributed by atoms with Crippen LogP contribution in [0.25, 0.3) is 0 Å². The van der Waals surface area contributed by atoms with Crippen LogP contribution in [0.1, 0.15) is 19.8 Å². The maximum atomic E-state index is 12.6. The van der Waals surface area contributed by atoms with Gasteiger partial charge in [0.05, 0.1) is 0 Å². The summed E-state index contributed by atoms with van der Waals surface area (Å²) in [7, 11) is 0. The number of nitrogens with one attached hydrogen (secondary N) is 1.